The lowest BCUT2D eigenvalue weighted by Gasteiger charge is -2.19. The van der Waals surface area contributed by atoms with Crippen molar-refractivity contribution < 1.29 is 8.42 Å². The van der Waals surface area contributed by atoms with Crippen LogP contribution >= 0.6 is 11.6 Å². The Morgan fingerprint density at radius 3 is 2.79 bits per heavy atom. The summed E-state index contributed by atoms with van der Waals surface area (Å²) in [5, 5.41) is 3.99. The summed E-state index contributed by atoms with van der Waals surface area (Å²) in [6.07, 6.45) is 0.731. The van der Waals surface area contributed by atoms with E-state index in [0.717, 1.165) is 31.7 Å². The maximum atomic E-state index is 11.5. The fraction of sp³-hybridized carbons (Fsp3) is 0.538. The minimum Gasteiger partial charge on any atom is -0.383 e. The van der Waals surface area contributed by atoms with Crippen molar-refractivity contribution in [2.45, 2.75) is 6.42 Å². The molecule has 0 radical (unpaired) electrons. The largest absolute Gasteiger partial charge is 0.383 e. The Morgan fingerprint density at radius 2 is 2.00 bits per heavy atom. The Kier molecular flexibility index (Phi) is 5.07. The number of sulfone groups is 1. The first-order valence-electron chi connectivity index (χ1n) is 6.48. The molecule has 0 atom stereocenters. The van der Waals surface area contributed by atoms with Gasteiger partial charge in [-0.25, -0.2) is 8.42 Å². The summed E-state index contributed by atoms with van der Waals surface area (Å²) >= 11 is 6.05. The van der Waals surface area contributed by atoms with E-state index in [-0.39, 0.29) is 5.75 Å². The third kappa shape index (κ3) is 4.67. The van der Waals surface area contributed by atoms with Crippen molar-refractivity contribution in [3.05, 3.63) is 29.3 Å². The molecule has 1 fully saturated rings. The SMILES string of the molecule is O=S1(=O)CCCN(CCNc2ccccc2Cl)CC1. The second-order valence-electron chi connectivity index (χ2n) is 4.75. The maximum absolute atomic E-state index is 11.5. The second-order valence-corrected chi connectivity index (χ2v) is 7.46. The number of hydrogen-bond donors (Lipinski definition) is 1. The van der Waals surface area contributed by atoms with Crippen LogP contribution in [0.3, 0.4) is 0 Å². The summed E-state index contributed by atoms with van der Waals surface area (Å²) in [5.74, 6) is 0.598. The molecule has 1 aromatic rings. The van der Waals surface area contributed by atoms with Gasteiger partial charge in [-0.3, -0.25) is 0 Å². The van der Waals surface area contributed by atoms with E-state index in [1.54, 1.807) is 0 Å². The van der Waals surface area contributed by atoms with Gasteiger partial charge in [0, 0.05) is 19.6 Å². The number of halogens is 1. The van der Waals surface area contributed by atoms with Crippen molar-refractivity contribution in [3.63, 3.8) is 0 Å². The number of rotatable bonds is 4. The normalized spacial score (nSPS) is 19.8. The molecule has 0 bridgehead atoms. The molecule has 19 heavy (non-hydrogen) atoms. The fourth-order valence-corrected chi connectivity index (χ4v) is 3.68. The van der Waals surface area contributed by atoms with E-state index >= 15 is 0 Å². The minimum atomic E-state index is -2.82. The topological polar surface area (TPSA) is 49.4 Å². The first-order chi connectivity index (χ1) is 9.07. The highest BCUT2D eigenvalue weighted by Crippen LogP contribution is 2.19. The second kappa shape index (κ2) is 6.59. The van der Waals surface area contributed by atoms with Gasteiger partial charge in [0.15, 0.2) is 9.84 Å². The molecule has 1 heterocycles. The van der Waals surface area contributed by atoms with Crippen molar-refractivity contribution in [1.82, 2.24) is 4.90 Å². The molecule has 0 aromatic heterocycles. The number of nitrogens with one attached hydrogen (secondary N) is 1. The molecular weight excluding hydrogens is 284 g/mol. The molecule has 0 saturated carbocycles. The van der Waals surface area contributed by atoms with Gasteiger partial charge >= 0.3 is 0 Å². The Hall–Kier alpha value is -0.780. The van der Waals surface area contributed by atoms with Crippen molar-refractivity contribution in [2.75, 3.05) is 43.0 Å². The molecule has 6 heteroatoms. The van der Waals surface area contributed by atoms with Crippen LogP contribution in [0.15, 0.2) is 24.3 Å². The Bertz CT molecular complexity index is 519. The van der Waals surface area contributed by atoms with Gasteiger partial charge in [-0.05, 0) is 25.1 Å². The average Bonchev–Trinajstić information content (AvgIpc) is 2.53. The van der Waals surface area contributed by atoms with Crippen LogP contribution in [0.4, 0.5) is 5.69 Å². The molecular formula is C13H19ClN2O2S. The molecule has 0 amide bonds. The highest BCUT2D eigenvalue weighted by Gasteiger charge is 2.18. The molecule has 2 rings (SSSR count). The third-order valence-electron chi connectivity index (χ3n) is 3.27. The highest BCUT2D eigenvalue weighted by molar-refractivity contribution is 7.91. The molecule has 1 N–H and O–H groups in total. The lowest BCUT2D eigenvalue weighted by atomic mass is 10.3. The smallest absolute Gasteiger partial charge is 0.151 e. The Balaban J connectivity index is 1.78. The van der Waals surface area contributed by atoms with Gasteiger partial charge in [0.1, 0.15) is 0 Å². The van der Waals surface area contributed by atoms with Crippen molar-refractivity contribution in [2.24, 2.45) is 0 Å². The molecule has 1 aliphatic rings. The van der Waals surface area contributed by atoms with Crippen LogP contribution in [0.25, 0.3) is 0 Å². The number of hydrogen-bond acceptors (Lipinski definition) is 4. The van der Waals surface area contributed by atoms with Crippen LogP contribution in [0.5, 0.6) is 0 Å². The van der Waals surface area contributed by atoms with Gasteiger partial charge in [0.2, 0.25) is 0 Å². The monoisotopic (exact) mass is 302 g/mol. The standard InChI is InChI=1S/C13H19ClN2O2S/c14-12-4-1-2-5-13(12)15-6-8-16-7-3-10-19(17,18)11-9-16/h1-2,4-5,15H,3,6-11H2. The van der Waals surface area contributed by atoms with Crippen molar-refractivity contribution in [1.29, 1.82) is 0 Å². The van der Waals surface area contributed by atoms with Crippen molar-refractivity contribution >= 4 is 27.1 Å². The summed E-state index contributed by atoms with van der Waals surface area (Å²) in [5.41, 5.74) is 0.923. The minimum absolute atomic E-state index is 0.277. The van der Waals surface area contributed by atoms with E-state index in [1.165, 1.54) is 0 Å². The highest BCUT2D eigenvalue weighted by atomic mass is 35.5. The van der Waals surface area contributed by atoms with Gasteiger partial charge in [-0.15, -0.1) is 0 Å². The van der Waals surface area contributed by atoms with E-state index in [9.17, 15) is 8.42 Å². The first kappa shape index (κ1) is 14.6. The molecule has 1 saturated heterocycles. The van der Waals surface area contributed by atoms with Crippen LogP contribution in [0.1, 0.15) is 6.42 Å². The summed E-state index contributed by atoms with van der Waals surface area (Å²) in [6.45, 7) is 3.08. The molecule has 1 aliphatic heterocycles. The number of benzene rings is 1. The number of para-hydroxylation sites is 1. The quantitative estimate of drug-likeness (QED) is 0.922. The lowest BCUT2D eigenvalue weighted by Crippen LogP contribution is -2.31. The van der Waals surface area contributed by atoms with Gasteiger partial charge in [0.25, 0.3) is 0 Å². The van der Waals surface area contributed by atoms with Crippen LogP contribution in [0.2, 0.25) is 5.02 Å². The number of nitrogens with zero attached hydrogens (tertiary/aromatic N) is 1. The third-order valence-corrected chi connectivity index (χ3v) is 5.31. The van der Waals surface area contributed by atoms with Crippen LogP contribution in [-0.4, -0.2) is 51.0 Å². The van der Waals surface area contributed by atoms with Crippen LogP contribution in [-0.2, 0) is 9.84 Å². The van der Waals surface area contributed by atoms with E-state index in [0.29, 0.717) is 17.3 Å². The molecule has 0 spiro atoms. The zero-order valence-corrected chi connectivity index (χ0v) is 12.4. The average molecular weight is 303 g/mol. The summed E-state index contributed by atoms with van der Waals surface area (Å²) in [4.78, 5) is 2.19. The summed E-state index contributed by atoms with van der Waals surface area (Å²) in [6, 6.07) is 7.62. The molecule has 0 unspecified atom stereocenters. The van der Waals surface area contributed by atoms with Gasteiger partial charge in [-0.1, -0.05) is 23.7 Å². The molecule has 1 aromatic carbocycles. The molecule has 106 valence electrons. The van der Waals surface area contributed by atoms with Crippen LogP contribution in [0, 0.1) is 0 Å². The first-order valence-corrected chi connectivity index (χ1v) is 8.68. The Morgan fingerprint density at radius 1 is 1.21 bits per heavy atom. The van der Waals surface area contributed by atoms with E-state index < -0.39 is 9.84 Å². The molecule has 4 nitrogen and oxygen atoms in total. The van der Waals surface area contributed by atoms with Crippen molar-refractivity contribution in [3.8, 4) is 0 Å². The van der Waals surface area contributed by atoms with E-state index in [1.807, 2.05) is 24.3 Å². The van der Waals surface area contributed by atoms with Crippen LogP contribution < -0.4 is 5.32 Å². The van der Waals surface area contributed by atoms with Gasteiger partial charge in [-0.2, -0.15) is 0 Å². The Labute approximate surface area is 119 Å². The summed E-state index contributed by atoms with van der Waals surface area (Å²) < 4.78 is 23.0. The maximum Gasteiger partial charge on any atom is 0.151 e. The van der Waals surface area contributed by atoms with Gasteiger partial charge < -0.3 is 10.2 Å². The number of anilines is 1. The predicted molar refractivity (Wildman–Crippen MR) is 79.7 cm³/mol. The van der Waals surface area contributed by atoms with E-state index in [2.05, 4.69) is 10.2 Å². The zero-order valence-electron chi connectivity index (χ0n) is 10.8. The lowest BCUT2D eigenvalue weighted by molar-refractivity contribution is 0.307. The summed E-state index contributed by atoms with van der Waals surface area (Å²) in [7, 11) is -2.82. The molecule has 0 aliphatic carbocycles. The van der Waals surface area contributed by atoms with E-state index in [4.69, 9.17) is 11.6 Å². The fourth-order valence-electron chi connectivity index (χ4n) is 2.17. The predicted octanol–water partition coefficient (Wildman–Crippen LogP) is 1.87. The zero-order chi connectivity index (χ0) is 13.7. The van der Waals surface area contributed by atoms with Gasteiger partial charge in [0.05, 0.1) is 22.2 Å².